The van der Waals surface area contributed by atoms with Crippen LogP contribution in [0.5, 0.6) is 5.75 Å². The molecule has 6 heteroatoms. The maximum absolute atomic E-state index is 12.0. The number of rotatable bonds is 7. The predicted octanol–water partition coefficient (Wildman–Crippen LogP) is 1.60. The average molecular weight is 333 g/mol. The van der Waals surface area contributed by atoms with Gasteiger partial charge in [-0.25, -0.2) is 4.79 Å². The van der Waals surface area contributed by atoms with Crippen LogP contribution in [0, 0.1) is 5.41 Å². The molecule has 0 unspecified atom stereocenters. The zero-order chi connectivity index (χ0) is 17.0. The van der Waals surface area contributed by atoms with Gasteiger partial charge >= 0.3 is 6.03 Å². The highest BCUT2D eigenvalue weighted by Gasteiger charge is 2.44. The first-order chi connectivity index (χ1) is 11.6. The van der Waals surface area contributed by atoms with E-state index in [9.17, 15) is 15.0 Å². The first-order valence-corrected chi connectivity index (χ1v) is 8.77. The summed E-state index contributed by atoms with van der Waals surface area (Å²) < 4.78 is 0. The number of benzene rings is 1. The number of nitrogens with one attached hydrogen (secondary N) is 2. The summed E-state index contributed by atoms with van der Waals surface area (Å²) in [6, 6.07) is 6.19. The fourth-order valence-electron chi connectivity index (χ4n) is 3.35. The maximum atomic E-state index is 12.0. The van der Waals surface area contributed by atoms with Crippen molar-refractivity contribution in [1.82, 2.24) is 15.5 Å². The lowest BCUT2D eigenvalue weighted by Crippen LogP contribution is -2.42. The van der Waals surface area contributed by atoms with Crippen molar-refractivity contribution in [2.45, 2.75) is 31.8 Å². The van der Waals surface area contributed by atoms with Gasteiger partial charge in [0.1, 0.15) is 5.75 Å². The predicted molar refractivity (Wildman–Crippen MR) is 91.8 cm³/mol. The van der Waals surface area contributed by atoms with Gasteiger partial charge in [-0.2, -0.15) is 0 Å². The van der Waals surface area contributed by atoms with Gasteiger partial charge in [0.15, 0.2) is 0 Å². The molecule has 6 nitrogen and oxygen atoms in total. The third-order valence-corrected chi connectivity index (χ3v) is 5.05. The molecule has 0 spiro atoms. The molecule has 1 aliphatic heterocycles. The molecule has 1 aromatic rings. The van der Waals surface area contributed by atoms with Crippen molar-refractivity contribution in [2.24, 2.45) is 5.41 Å². The Bertz CT molecular complexity index is 568. The largest absolute Gasteiger partial charge is 0.508 e. The molecule has 1 heterocycles. The minimum Gasteiger partial charge on any atom is -0.508 e. The number of urea groups is 1. The number of phenolic OH excluding ortho intramolecular Hbond substituents is 1. The number of phenols is 1. The number of carbonyl (C=O) groups is 1. The Morgan fingerprint density at radius 3 is 2.67 bits per heavy atom. The fourth-order valence-corrected chi connectivity index (χ4v) is 3.35. The van der Waals surface area contributed by atoms with Gasteiger partial charge < -0.3 is 25.7 Å². The standard InChI is InChI=1S/C18H27N3O3/c22-15-5-3-4-14(10-15)16(23)11-19-17(24)20-12-18(6-7-18)13-21-8-1-2-9-21/h3-5,10,16,22-23H,1-2,6-9,11-13H2,(H2,19,20,24)/t16-/m1/s1. The highest BCUT2D eigenvalue weighted by atomic mass is 16.3. The lowest BCUT2D eigenvalue weighted by Gasteiger charge is -2.23. The van der Waals surface area contributed by atoms with Crippen molar-refractivity contribution in [1.29, 1.82) is 0 Å². The summed E-state index contributed by atoms with van der Waals surface area (Å²) in [6.45, 7) is 4.26. The summed E-state index contributed by atoms with van der Waals surface area (Å²) in [5.74, 6) is 0.105. The lowest BCUT2D eigenvalue weighted by atomic mass is 10.1. The SMILES string of the molecule is O=C(NC[C@@H](O)c1cccc(O)c1)NCC1(CN2CCCC2)CC1. The molecule has 132 valence electrons. The third-order valence-electron chi connectivity index (χ3n) is 5.05. The van der Waals surface area contributed by atoms with Gasteiger partial charge in [-0.15, -0.1) is 0 Å². The number of carbonyl (C=O) groups excluding carboxylic acids is 1. The maximum Gasteiger partial charge on any atom is 0.314 e. The van der Waals surface area contributed by atoms with E-state index >= 15 is 0 Å². The van der Waals surface area contributed by atoms with Crippen LogP contribution < -0.4 is 10.6 Å². The Morgan fingerprint density at radius 2 is 2.00 bits per heavy atom. The van der Waals surface area contributed by atoms with E-state index in [1.165, 1.54) is 44.8 Å². The van der Waals surface area contributed by atoms with E-state index in [2.05, 4.69) is 15.5 Å². The number of aliphatic hydroxyl groups is 1. The molecule has 1 atom stereocenters. The van der Waals surface area contributed by atoms with Gasteiger partial charge in [-0.05, 0) is 56.5 Å². The summed E-state index contributed by atoms with van der Waals surface area (Å²) in [5, 5.41) is 25.1. The van der Waals surface area contributed by atoms with E-state index in [1.54, 1.807) is 18.2 Å². The first-order valence-electron chi connectivity index (χ1n) is 8.77. The Kier molecular flexibility index (Phi) is 5.26. The number of aromatic hydroxyl groups is 1. The van der Waals surface area contributed by atoms with Crippen molar-refractivity contribution >= 4 is 6.03 Å². The molecular weight excluding hydrogens is 306 g/mol. The molecule has 4 N–H and O–H groups in total. The van der Waals surface area contributed by atoms with Crippen LogP contribution in [0.1, 0.15) is 37.4 Å². The summed E-state index contributed by atoms with van der Waals surface area (Å²) in [5.41, 5.74) is 0.842. The van der Waals surface area contributed by atoms with Crippen LogP contribution >= 0.6 is 0 Å². The van der Waals surface area contributed by atoms with Crippen LogP contribution in [-0.2, 0) is 0 Å². The molecule has 2 amide bonds. The third kappa shape index (κ3) is 4.61. The Labute approximate surface area is 142 Å². The zero-order valence-corrected chi connectivity index (χ0v) is 14.0. The van der Waals surface area contributed by atoms with Crippen molar-refractivity contribution in [2.75, 3.05) is 32.7 Å². The molecule has 2 aliphatic rings. The fraction of sp³-hybridized carbons (Fsp3) is 0.611. The van der Waals surface area contributed by atoms with Gasteiger partial charge in [0.2, 0.25) is 0 Å². The van der Waals surface area contributed by atoms with Gasteiger partial charge in [0, 0.05) is 25.0 Å². The second-order valence-corrected chi connectivity index (χ2v) is 7.16. The van der Waals surface area contributed by atoms with Crippen LogP contribution in [0.4, 0.5) is 4.79 Å². The van der Waals surface area contributed by atoms with E-state index in [4.69, 9.17) is 0 Å². The van der Waals surface area contributed by atoms with E-state index in [0.29, 0.717) is 12.1 Å². The summed E-state index contributed by atoms with van der Waals surface area (Å²) in [4.78, 5) is 14.5. The van der Waals surface area contributed by atoms with Crippen molar-refractivity contribution in [3.05, 3.63) is 29.8 Å². The lowest BCUT2D eigenvalue weighted by molar-refractivity contribution is 0.172. The normalized spacial score (nSPS) is 20.5. The molecule has 1 aromatic carbocycles. The minimum atomic E-state index is -0.831. The number of amides is 2. The Morgan fingerprint density at radius 1 is 1.25 bits per heavy atom. The zero-order valence-electron chi connectivity index (χ0n) is 14.0. The molecule has 0 bridgehead atoms. The smallest absolute Gasteiger partial charge is 0.314 e. The minimum absolute atomic E-state index is 0.105. The molecule has 1 saturated heterocycles. The molecule has 2 fully saturated rings. The van der Waals surface area contributed by atoms with Crippen molar-refractivity contribution in [3.63, 3.8) is 0 Å². The number of hydrogen-bond donors (Lipinski definition) is 4. The molecule has 1 saturated carbocycles. The van der Waals surface area contributed by atoms with Crippen LogP contribution in [0.3, 0.4) is 0 Å². The summed E-state index contributed by atoms with van der Waals surface area (Å²) in [7, 11) is 0. The van der Waals surface area contributed by atoms with E-state index in [-0.39, 0.29) is 23.7 Å². The molecule has 0 radical (unpaired) electrons. The number of likely N-dealkylation sites (tertiary alicyclic amines) is 1. The van der Waals surface area contributed by atoms with Crippen LogP contribution in [0.25, 0.3) is 0 Å². The highest BCUT2D eigenvalue weighted by molar-refractivity contribution is 5.74. The molecule has 24 heavy (non-hydrogen) atoms. The van der Waals surface area contributed by atoms with Crippen LogP contribution in [0.15, 0.2) is 24.3 Å². The van der Waals surface area contributed by atoms with Gasteiger partial charge in [0.25, 0.3) is 0 Å². The summed E-state index contributed by atoms with van der Waals surface area (Å²) >= 11 is 0. The van der Waals surface area contributed by atoms with Gasteiger partial charge in [-0.3, -0.25) is 0 Å². The van der Waals surface area contributed by atoms with E-state index < -0.39 is 6.10 Å². The second-order valence-electron chi connectivity index (χ2n) is 7.16. The quantitative estimate of drug-likeness (QED) is 0.611. The van der Waals surface area contributed by atoms with Crippen LogP contribution in [0.2, 0.25) is 0 Å². The van der Waals surface area contributed by atoms with Gasteiger partial charge in [-0.1, -0.05) is 12.1 Å². The molecular formula is C18H27N3O3. The Hall–Kier alpha value is -1.79. The summed E-state index contributed by atoms with van der Waals surface area (Å²) in [6.07, 6.45) is 4.10. The number of aliphatic hydroxyl groups excluding tert-OH is 1. The first kappa shape index (κ1) is 17.0. The number of hydrogen-bond acceptors (Lipinski definition) is 4. The topological polar surface area (TPSA) is 84.8 Å². The average Bonchev–Trinajstić information content (AvgIpc) is 3.14. The monoisotopic (exact) mass is 333 g/mol. The highest BCUT2D eigenvalue weighted by Crippen LogP contribution is 2.46. The van der Waals surface area contributed by atoms with E-state index in [0.717, 1.165) is 6.54 Å². The Balaban J connectivity index is 1.38. The molecule has 0 aromatic heterocycles. The van der Waals surface area contributed by atoms with Crippen molar-refractivity contribution in [3.8, 4) is 5.75 Å². The molecule has 3 rings (SSSR count). The molecule has 1 aliphatic carbocycles. The van der Waals surface area contributed by atoms with Crippen molar-refractivity contribution < 1.29 is 15.0 Å². The number of nitrogens with zero attached hydrogens (tertiary/aromatic N) is 1. The second kappa shape index (κ2) is 7.40. The van der Waals surface area contributed by atoms with Gasteiger partial charge in [0.05, 0.1) is 6.10 Å². The van der Waals surface area contributed by atoms with E-state index in [1.807, 2.05) is 0 Å². The van der Waals surface area contributed by atoms with Crippen LogP contribution in [-0.4, -0.2) is 53.9 Å².